The highest BCUT2D eigenvalue weighted by atomic mass is 35.5. The molecule has 122 valence electrons. The molecule has 0 radical (unpaired) electrons. The van der Waals surface area contributed by atoms with Crippen molar-refractivity contribution in [1.82, 2.24) is 10.2 Å². The van der Waals surface area contributed by atoms with E-state index in [9.17, 15) is 4.79 Å². The van der Waals surface area contributed by atoms with Gasteiger partial charge in [-0.2, -0.15) is 0 Å². The van der Waals surface area contributed by atoms with Crippen LogP contribution in [0.15, 0.2) is 5.38 Å². The zero-order valence-corrected chi connectivity index (χ0v) is 15.5. The standard InChI is InChI=1S/C12H17ClN2OS.2C2H6/c1-9-8-17-11(10(9)13)12(16)14-4-7-15-5-2-3-6-15;2*1-2/h8H,2-7H2,1H3,(H,14,16);2*1-2H3. The Morgan fingerprint density at radius 3 is 2.33 bits per heavy atom. The molecule has 1 fully saturated rings. The summed E-state index contributed by atoms with van der Waals surface area (Å²) in [5, 5.41) is 5.43. The van der Waals surface area contributed by atoms with Crippen molar-refractivity contribution < 1.29 is 4.79 Å². The fourth-order valence-corrected chi connectivity index (χ4v) is 3.19. The molecule has 21 heavy (non-hydrogen) atoms. The normalized spacial score (nSPS) is 13.8. The van der Waals surface area contributed by atoms with E-state index in [-0.39, 0.29) is 5.91 Å². The van der Waals surface area contributed by atoms with Crippen molar-refractivity contribution in [2.24, 2.45) is 0 Å². The topological polar surface area (TPSA) is 32.3 Å². The van der Waals surface area contributed by atoms with Gasteiger partial charge in [-0.05, 0) is 43.8 Å². The summed E-state index contributed by atoms with van der Waals surface area (Å²) in [6, 6.07) is 0. The molecule has 0 aromatic carbocycles. The predicted octanol–water partition coefficient (Wildman–Crippen LogP) is 4.59. The van der Waals surface area contributed by atoms with Gasteiger partial charge in [0.05, 0.1) is 5.02 Å². The Bertz CT molecular complexity index is 401. The zero-order valence-electron chi connectivity index (χ0n) is 14.0. The molecule has 0 atom stereocenters. The Balaban J connectivity index is 0.000000921. The molecule has 1 amide bonds. The lowest BCUT2D eigenvalue weighted by molar-refractivity contribution is 0.0954. The van der Waals surface area contributed by atoms with Crippen molar-refractivity contribution in [3.05, 3.63) is 20.8 Å². The Labute approximate surface area is 138 Å². The van der Waals surface area contributed by atoms with Gasteiger partial charge in [-0.25, -0.2) is 0 Å². The fraction of sp³-hybridized carbons (Fsp3) is 0.688. The van der Waals surface area contributed by atoms with Crippen LogP contribution in [0, 0.1) is 6.92 Å². The largest absolute Gasteiger partial charge is 0.350 e. The summed E-state index contributed by atoms with van der Waals surface area (Å²) >= 11 is 7.46. The van der Waals surface area contributed by atoms with E-state index < -0.39 is 0 Å². The summed E-state index contributed by atoms with van der Waals surface area (Å²) in [5.74, 6) is -0.0488. The molecule has 1 aliphatic rings. The molecule has 0 saturated carbocycles. The van der Waals surface area contributed by atoms with Gasteiger partial charge in [0.25, 0.3) is 5.91 Å². The first-order chi connectivity index (χ1) is 10.2. The van der Waals surface area contributed by atoms with Crippen molar-refractivity contribution >= 4 is 28.8 Å². The van der Waals surface area contributed by atoms with E-state index in [1.807, 2.05) is 40.0 Å². The molecule has 1 aromatic rings. The highest BCUT2D eigenvalue weighted by molar-refractivity contribution is 7.13. The van der Waals surface area contributed by atoms with Gasteiger partial charge < -0.3 is 10.2 Å². The minimum Gasteiger partial charge on any atom is -0.350 e. The molecular formula is C16H29ClN2OS. The summed E-state index contributed by atoms with van der Waals surface area (Å²) in [6.45, 7) is 13.9. The molecule has 0 aliphatic carbocycles. The van der Waals surface area contributed by atoms with Crippen LogP contribution in [0.5, 0.6) is 0 Å². The first kappa shape index (κ1) is 20.4. The third-order valence-electron chi connectivity index (χ3n) is 3.02. The number of hydrogen-bond donors (Lipinski definition) is 1. The molecule has 0 bridgehead atoms. The lowest BCUT2D eigenvalue weighted by Gasteiger charge is -2.14. The van der Waals surface area contributed by atoms with Crippen LogP contribution in [-0.4, -0.2) is 37.0 Å². The zero-order chi connectivity index (χ0) is 16.3. The molecule has 1 saturated heterocycles. The number of halogens is 1. The molecular weight excluding hydrogens is 304 g/mol. The van der Waals surface area contributed by atoms with Gasteiger partial charge >= 0.3 is 0 Å². The molecule has 2 heterocycles. The maximum absolute atomic E-state index is 11.8. The number of nitrogens with zero attached hydrogens (tertiary/aromatic N) is 1. The van der Waals surface area contributed by atoms with Gasteiger partial charge in [0, 0.05) is 13.1 Å². The van der Waals surface area contributed by atoms with Gasteiger partial charge in [0.1, 0.15) is 4.88 Å². The van der Waals surface area contributed by atoms with E-state index in [1.165, 1.54) is 24.2 Å². The van der Waals surface area contributed by atoms with Crippen LogP contribution in [-0.2, 0) is 0 Å². The monoisotopic (exact) mass is 332 g/mol. The number of hydrogen-bond acceptors (Lipinski definition) is 3. The summed E-state index contributed by atoms with van der Waals surface area (Å²) in [6.07, 6.45) is 2.56. The van der Waals surface area contributed by atoms with Crippen LogP contribution in [0.2, 0.25) is 5.02 Å². The minimum absolute atomic E-state index is 0.0488. The maximum atomic E-state index is 11.8. The molecule has 2 rings (SSSR count). The van der Waals surface area contributed by atoms with Crippen molar-refractivity contribution in [1.29, 1.82) is 0 Å². The van der Waals surface area contributed by atoms with Gasteiger partial charge in [0.2, 0.25) is 0 Å². The number of aryl methyl sites for hydroxylation is 1. The number of carbonyl (C=O) groups excluding carboxylic acids is 1. The van der Waals surface area contributed by atoms with Crippen molar-refractivity contribution in [2.75, 3.05) is 26.2 Å². The first-order valence-electron chi connectivity index (χ1n) is 7.92. The maximum Gasteiger partial charge on any atom is 0.262 e. The number of rotatable bonds is 4. The number of likely N-dealkylation sites (tertiary alicyclic amines) is 1. The fourth-order valence-electron chi connectivity index (χ4n) is 2.00. The Hall–Kier alpha value is -0.580. The molecule has 1 aliphatic heterocycles. The molecule has 3 nitrogen and oxygen atoms in total. The number of nitrogens with one attached hydrogen (secondary N) is 1. The van der Waals surface area contributed by atoms with Crippen LogP contribution >= 0.6 is 22.9 Å². The van der Waals surface area contributed by atoms with Gasteiger partial charge in [-0.1, -0.05) is 39.3 Å². The van der Waals surface area contributed by atoms with Crippen LogP contribution in [0.1, 0.15) is 55.8 Å². The van der Waals surface area contributed by atoms with E-state index >= 15 is 0 Å². The second-order valence-corrected chi connectivity index (χ2v) is 5.62. The van der Waals surface area contributed by atoms with Crippen LogP contribution in [0.4, 0.5) is 0 Å². The van der Waals surface area contributed by atoms with Crippen molar-refractivity contribution in [3.8, 4) is 0 Å². The average molecular weight is 333 g/mol. The van der Waals surface area contributed by atoms with Crippen LogP contribution in [0.25, 0.3) is 0 Å². The number of thiophene rings is 1. The van der Waals surface area contributed by atoms with E-state index in [0.717, 1.165) is 25.2 Å². The Kier molecular flexibility index (Phi) is 11.7. The molecule has 5 heteroatoms. The van der Waals surface area contributed by atoms with E-state index in [2.05, 4.69) is 10.2 Å². The predicted molar refractivity (Wildman–Crippen MR) is 94.8 cm³/mol. The first-order valence-corrected chi connectivity index (χ1v) is 9.18. The van der Waals surface area contributed by atoms with Crippen LogP contribution < -0.4 is 5.32 Å². The van der Waals surface area contributed by atoms with E-state index in [0.29, 0.717) is 16.4 Å². The van der Waals surface area contributed by atoms with Crippen molar-refractivity contribution in [2.45, 2.75) is 47.5 Å². The summed E-state index contributed by atoms with van der Waals surface area (Å²) in [7, 11) is 0. The minimum atomic E-state index is -0.0488. The quantitative estimate of drug-likeness (QED) is 0.874. The van der Waals surface area contributed by atoms with E-state index in [4.69, 9.17) is 11.6 Å². The second-order valence-electron chi connectivity index (χ2n) is 4.37. The molecule has 0 unspecified atom stereocenters. The Morgan fingerprint density at radius 2 is 1.86 bits per heavy atom. The highest BCUT2D eigenvalue weighted by Crippen LogP contribution is 2.26. The SMILES string of the molecule is CC.CC.Cc1csc(C(=O)NCCN2CCCC2)c1Cl. The van der Waals surface area contributed by atoms with Crippen molar-refractivity contribution in [3.63, 3.8) is 0 Å². The number of carbonyl (C=O) groups is 1. The lowest BCUT2D eigenvalue weighted by Crippen LogP contribution is -2.33. The second kappa shape index (κ2) is 12.0. The highest BCUT2D eigenvalue weighted by Gasteiger charge is 2.15. The smallest absolute Gasteiger partial charge is 0.262 e. The lowest BCUT2D eigenvalue weighted by atomic mass is 10.3. The Morgan fingerprint density at radius 1 is 1.29 bits per heavy atom. The molecule has 1 aromatic heterocycles. The number of amides is 1. The van der Waals surface area contributed by atoms with E-state index in [1.54, 1.807) is 0 Å². The summed E-state index contributed by atoms with van der Waals surface area (Å²) in [5.41, 5.74) is 0.973. The molecule has 1 N–H and O–H groups in total. The van der Waals surface area contributed by atoms with Gasteiger partial charge in [-0.3, -0.25) is 4.79 Å². The molecule has 0 spiro atoms. The summed E-state index contributed by atoms with van der Waals surface area (Å²) < 4.78 is 0. The third-order valence-corrected chi connectivity index (χ3v) is 4.71. The van der Waals surface area contributed by atoms with Crippen LogP contribution in [0.3, 0.4) is 0 Å². The third kappa shape index (κ3) is 6.81. The average Bonchev–Trinajstić information content (AvgIpc) is 3.15. The van der Waals surface area contributed by atoms with Gasteiger partial charge in [-0.15, -0.1) is 11.3 Å². The van der Waals surface area contributed by atoms with Gasteiger partial charge in [0.15, 0.2) is 0 Å². The summed E-state index contributed by atoms with van der Waals surface area (Å²) in [4.78, 5) is 14.9.